The highest BCUT2D eigenvalue weighted by atomic mass is 16.5. The topological polar surface area (TPSA) is 85.4 Å². The molecule has 0 spiro atoms. The molecule has 0 radical (unpaired) electrons. The van der Waals surface area contributed by atoms with E-state index in [9.17, 15) is 4.79 Å². The second kappa shape index (κ2) is 8.82. The summed E-state index contributed by atoms with van der Waals surface area (Å²) < 4.78 is 7.99. The van der Waals surface area contributed by atoms with Gasteiger partial charge in [-0.2, -0.15) is 5.10 Å². The fourth-order valence-electron chi connectivity index (χ4n) is 5.07. The van der Waals surface area contributed by atoms with Crippen LogP contribution in [0.5, 0.6) is 5.75 Å². The van der Waals surface area contributed by atoms with Gasteiger partial charge in [-0.05, 0) is 94.6 Å². The number of likely N-dealkylation sites (tertiary alicyclic amines) is 1. The first-order valence-corrected chi connectivity index (χ1v) is 11.6. The minimum atomic E-state index is -0.449. The quantitative estimate of drug-likeness (QED) is 0.746. The number of ether oxygens (including phenoxy) is 1. The van der Waals surface area contributed by atoms with Crippen LogP contribution in [0.15, 0.2) is 48.3 Å². The van der Waals surface area contributed by atoms with E-state index in [0.29, 0.717) is 23.2 Å². The van der Waals surface area contributed by atoms with Crippen LogP contribution in [0.2, 0.25) is 0 Å². The van der Waals surface area contributed by atoms with Gasteiger partial charge in [0.25, 0.3) is 5.91 Å². The molecule has 7 nitrogen and oxygen atoms in total. The van der Waals surface area contributed by atoms with Crippen LogP contribution in [0.25, 0.3) is 11.3 Å². The van der Waals surface area contributed by atoms with Crippen molar-refractivity contribution in [2.75, 3.05) is 32.0 Å². The summed E-state index contributed by atoms with van der Waals surface area (Å²) in [7, 11) is 2.18. The van der Waals surface area contributed by atoms with Crippen LogP contribution in [0.1, 0.15) is 48.5 Å². The third-order valence-electron chi connectivity index (χ3n) is 6.84. The summed E-state index contributed by atoms with van der Waals surface area (Å²) in [6, 6.07) is 8.04. The van der Waals surface area contributed by atoms with Gasteiger partial charge in [0.05, 0.1) is 6.04 Å². The number of allylic oxidation sites excluding steroid dienone is 3. The van der Waals surface area contributed by atoms with E-state index in [-0.39, 0.29) is 0 Å². The van der Waals surface area contributed by atoms with Crippen LogP contribution in [-0.4, -0.2) is 47.3 Å². The molecular weight excluding hydrogens is 402 g/mol. The molecule has 2 aliphatic heterocycles. The van der Waals surface area contributed by atoms with Crippen LogP contribution in [0.3, 0.4) is 0 Å². The molecule has 7 heteroatoms. The zero-order valence-corrected chi connectivity index (χ0v) is 18.6. The van der Waals surface area contributed by atoms with Crippen LogP contribution in [-0.2, 0) is 0 Å². The van der Waals surface area contributed by atoms with Crippen molar-refractivity contribution in [1.29, 1.82) is 0 Å². The number of fused-ring (bicyclic) bond motifs is 1. The Bertz CT molecular complexity index is 1050. The molecule has 0 saturated carbocycles. The Labute approximate surface area is 188 Å². The lowest BCUT2D eigenvalue weighted by Crippen LogP contribution is -2.37. The number of carbonyl (C=O) groups is 1. The Morgan fingerprint density at radius 1 is 1.16 bits per heavy atom. The predicted octanol–water partition coefficient (Wildman–Crippen LogP) is 3.96. The Morgan fingerprint density at radius 2 is 1.94 bits per heavy atom. The number of nitrogens with two attached hydrogens (primary N) is 1. The van der Waals surface area contributed by atoms with E-state index in [1.165, 1.54) is 0 Å². The van der Waals surface area contributed by atoms with Gasteiger partial charge in [-0.1, -0.05) is 6.08 Å². The first kappa shape index (κ1) is 20.8. The number of piperidine rings is 1. The zero-order chi connectivity index (χ0) is 22.1. The van der Waals surface area contributed by atoms with Gasteiger partial charge in [0, 0.05) is 12.1 Å². The third kappa shape index (κ3) is 4.05. The summed E-state index contributed by atoms with van der Waals surface area (Å²) in [5.74, 6) is 2.51. The minimum absolute atomic E-state index is 0.291. The van der Waals surface area contributed by atoms with E-state index in [1.807, 2.05) is 35.0 Å². The standard InChI is InChI=1S/C25H31N5O2/c1-29-15-12-17(13-16-29)21-11-14-27-25-22(24(26)31)23(28-30(21)25)18-7-9-20(10-8-18)32-19-5-3-2-4-6-19/h3,5-10,17,21,27H,2,4,11-16H2,1H3,(H2,26,31)/t21-/m0/s1. The van der Waals surface area contributed by atoms with E-state index in [2.05, 4.69) is 29.4 Å². The molecule has 0 bridgehead atoms. The van der Waals surface area contributed by atoms with Crippen molar-refractivity contribution < 1.29 is 9.53 Å². The molecule has 1 aromatic heterocycles. The zero-order valence-electron chi connectivity index (χ0n) is 18.6. The maximum Gasteiger partial charge on any atom is 0.254 e. The molecule has 32 heavy (non-hydrogen) atoms. The summed E-state index contributed by atoms with van der Waals surface area (Å²) in [4.78, 5) is 14.8. The van der Waals surface area contributed by atoms with Gasteiger partial charge in [-0.25, -0.2) is 4.68 Å². The monoisotopic (exact) mass is 433 g/mol. The molecule has 1 fully saturated rings. The number of hydrogen-bond donors (Lipinski definition) is 2. The average Bonchev–Trinajstić information content (AvgIpc) is 3.21. The molecule has 1 amide bonds. The molecule has 1 saturated heterocycles. The molecule has 1 aliphatic carbocycles. The normalized spacial score (nSPS) is 21.5. The van der Waals surface area contributed by atoms with Crippen molar-refractivity contribution >= 4 is 11.7 Å². The number of rotatable bonds is 5. The van der Waals surface area contributed by atoms with Gasteiger partial charge in [-0.3, -0.25) is 4.79 Å². The number of primary amides is 1. The Hall–Kier alpha value is -3.06. The van der Waals surface area contributed by atoms with E-state index >= 15 is 0 Å². The number of amides is 1. The number of benzene rings is 1. The maximum atomic E-state index is 12.5. The molecular formula is C25H31N5O2. The fourth-order valence-corrected chi connectivity index (χ4v) is 5.07. The molecule has 2 aromatic rings. The van der Waals surface area contributed by atoms with Crippen LogP contribution in [0.4, 0.5) is 5.82 Å². The van der Waals surface area contributed by atoms with Gasteiger partial charge >= 0.3 is 0 Å². The Kier molecular flexibility index (Phi) is 5.74. The van der Waals surface area contributed by atoms with Gasteiger partial charge in [0.15, 0.2) is 0 Å². The van der Waals surface area contributed by atoms with Crippen LogP contribution in [0, 0.1) is 5.92 Å². The number of anilines is 1. The summed E-state index contributed by atoms with van der Waals surface area (Å²) in [5.41, 5.74) is 7.83. The van der Waals surface area contributed by atoms with Crippen molar-refractivity contribution in [2.45, 2.75) is 38.1 Å². The maximum absolute atomic E-state index is 12.5. The number of carbonyl (C=O) groups excluding carboxylic acids is 1. The molecule has 168 valence electrons. The Balaban J connectivity index is 1.45. The van der Waals surface area contributed by atoms with Crippen LogP contribution < -0.4 is 15.8 Å². The molecule has 1 aromatic carbocycles. The van der Waals surface area contributed by atoms with Gasteiger partial charge < -0.3 is 20.7 Å². The lowest BCUT2D eigenvalue weighted by atomic mass is 9.87. The highest BCUT2D eigenvalue weighted by Crippen LogP contribution is 2.40. The second-order valence-corrected chi connectivity index (χ2v) is 9.02. The van der Waals surface area contributed by atoms with E-state index in [4.69, 9.17) is 15.6 Å². The molecule has 3 aliphatic rings. The van der Waals surface area contributed by atoms with Gasteiger partial charge in [-0.15, -0.1) is 0 Å². The molecule has 0 unspecified atom stereocenters. The lowest BCUT2D eigenvalue weighted by molar-refractivity contribution is 0.100. The van der Waals surface area contributed by atoms with Gasteiger partial charge in [0.1, 0.15) is 28.6 Å². The molecule has 5 rings (SSSR count). The minimum Gasteiger partial charge on any atom is -0.458 e. The molecule has 1 atom stereocenters. The van der Waals surface area contributed by atoms with Crippen molar-refractivity contribution in [3.05, 3.63) is 53.8 Å². The van der Waals surface area contributed by atoms with Crippen molar-refractivity contribution in [3.63, 3.8) is 0 Å². The average molecular weight is 434 g/mol. The van der Waals surface area contributed by atoms with Gasteiger partial charge in [0.2, 0.25) is 0 Å². The van der Waals surface area contributed by atoms with Crippen molar-refractivity contribution in [1.82, 2.24) is 14.7 Å². The second-order valence-electron chi connectivity index (χ2n) is 9.02. The summed E-state index contributed by atoms with van der Waals surface area (Å²) in [5, 5.41) is 8.34. The van der Waals surface area contributed by atoms with E-state index in [1.54, 1.807) is 0 Å². The van der Waals surface area contributed by atoms with Crippen LogP contribution >= 0.6 is 0 Å². The van der Waals surface area contributed by atoms with Crippen molar-refractivity contribution in [2.24, 2.45) is 11.7 Å². The smallest absolute Gasteiger partial charge is 0.254 e. The first-order chi connectivity index (χ1) is 15.6. The summed E-state index contributed by atoms with van der Waals surface area (Å²) in [6.07, 6.45) is 11.6. The molecule has 3 heterocycles. The fraction of sp³-hybridized carbons (Fsp3) is 0.440. The SMILES string of the molecule is CN1CCC([C@@H]2CCNc3c(C(N)=O)c(-c4ccc(OC5=CCCC=C5)cc4)nn32)CC1. The number of aromatic nitrogens is 2. The summed E-state index contributed by atoms with van der Waals surface area (Å²) in [6.45, 7) is 3.04. The number of nitrogens with one attached hydrogen (secondary N) is 1. The lowest BCUT2D eigenvalue weighted by Gasteiger charge is -2.37. The Morgan fingerprint density at radius 3 is 2.62 bits per heavy atom. The number of hydrogen-bond acceptors (Lipinski definition) is 5. The number of nitrogens with zero attached hydrogens (tertiary/aromatic N) is 3. The largest absolute Gasteiger partial charge is 0.458 e. The highest BCUT2D eigenvalue weighted by molar-refractivity contribution is 6.03. The van der Waals surface area contributed by atoms with E-state index < -0.39 is 5.91 Å². The first-order valence-electron chi connectivity index (χ1n) is 11.6. The highest BCUT2D eigenvalue weighted by Gasteiger charge is 2.34. The predicted molar refractivity (Wildman–Crippen MR) is 126 cm³/mol. The van der Waals surface area contributed by atoms with E-state index in [0.717, 1.165) is 74.6 Å². The molecule has 3 N–H and O–H groups in total. The third-order valence-corrected chi connectivity index (χ3v) is 6.84. The summed E-state index contributed by atoms with van der Waals surface area (Å²) >= 11 is 0. The van der Waals surface area contributed by atoms with Crippen molar-refractivity contribution in [3.8, 4) is 17.0 Å².